The molecule has 1 aliphatic carbocycles. The maximum atomic E-state index is 13.3. The van der Waals surface area contributed by atoms with Crippen LogP contribution in [0.2, 0.25) is 0 Å². The van der Waals surface area contributed by atoms with Gasteiger partial charge in [-0.1, -0.05) is 20.8 Å². The highest BCUT2D eigenvalue weighted by Gasteiger charge is 2.40. The summed E-state index contributed by atoms with van der Waals surface area (Å²) in [6, 6.07) is 0. The van der Waals surface area contributed by atoms with Crippen molar-refractivity contribution < 1.29 is 13.8 Å². The molecule has 2 aliphatic rings. The van der Waals surface area contributed by atoms with Crippen LogP contribution in [0.4, 0.5) is 0 Å². The van der Waals surface area contributed by atoms with Crippen LogP contribution >= 0.6 is 0 Å². The first kappa shape index (κ1) is 23.0. The standard InChI is InChI=1S/C22H36N4O3S/c1-6-18-17(19(7-2)25(4)23-18)14-20(27)24-30(5,29)16-8-12-26(13-9-16)21(28)15-22(3)10-11-22/h16H,6-15H2,1-5H3. The first-order valence-corrected chi connectivity index (χ1v) is 13.1. The Bertz CT molecular complexity index is 930. The molecular formula is C22H36N4O3S. The second-order valence-corrected chi connectivity index (χ2v) is 11.9. The lowest BCUT2D eigenvalue weighted by atomic mass is 10.0. The molecule has 7 nitrogen and oxygen atoms in total. The lowest BCUT2D eigenvalue weighted by Crippen LogP contribution is -2.42. The molecular weight excluding hydrogens is 400 g/mol. The number of nitrogens with zero attached hydrogens (tertiary/aromatic N) is 4. The molecule has 168 valence electrons. The zero-order valence-corrected chi connectivity index (χ0v) is 19.9. The minimum Gasteiger partial charge on any atom is -0.343 e. The molecule has 0 radical (unpaired) electrons. The van der Waals surface area contributed by atoms with Crippen LogP contribution in [0.1, 0.15) is 69.8 Å². The van der Waals surface area contributed by atoms with Gasteiger partial charge in [0, 0.05) is 49.3 Å². The molecule has 1 unspecified atom stereocenters. The molecule has 0 N–H and O–H groups in total. The summed E-state index contributed by atoms with van der Waals surface area (Å²) < 4.78 is 19.3. The number of amides is 2. The van der Waals surface area contributed by atoms with E-state index in [1.54, 1.807) is 6.26 Å². The fourth-order valence-corrected chi connectivity index (χ4v) is 6.17. The van der Waals surface area contributed by atoms with Gasteiger partial charge in [-0.05, 0) is 43.9 Å². The van der Waals surface area contributed by atoms with Crippen LogP contribution in [0, 0.1) is 5.41 Å². The van der Waals surface area contributed by atoms with Crippen molar-refractivity contribution in [2.75, 3.05) is 19.3 Å². The zero-order chi connectivity index (χ0) is 22.1. The van der Waals surface area contributed by atoms with Gasteiger partial charge in [-0.15, -0.1) is 0 Å². The Morgan fingerprint density at radius 2 is 1.83 bits per heavy atom. The predicted molar refractivity (Wildman–Crippen MR) is 119 cm³/mol. The Morgan fingerprint density at radius 3 is 2.37 bits per heavy atom. The number of hydrogen-bond acceptors (Lipinski definition) is 4. The zero-order valence-electron chi connectivity index (χ0n) is 19.1. The highest BCUT2D eigenvalue weighted by Crippen LogP contribution is 2.48. The molecule has 2 amide bonds. The van der Waals surface area contributed by atoms with Crippen LogP contribution < -0.4 is 0 Å². The first-order valence-electron chi connectivity index (χ1n) is 11.1. The van der Waals surface area contributed by atoms with Crippen LogP contribution in [0.5, 0.6) is 0 Å². The van der Waals surface area contributed by atoms with Crippen molar-refractivity contribution in [3.63, 3.8) is 0 Å². The van der Waals surface area contributed by atoms with Gasteiger partial charge in [0.1, 0.15) is 0 Å². The van der Waals surface area contributed by atoms with Crippen molar-refractivity contribution in [3.8, 4) is 0 Å². The maximum absolute atomic E-state index is 13.3. The van der Waals surface area contributed by atoms with E-state index in [0.29, 0.717) is 32.4 Å². The van der Waals surface area contributed by atoms with Gasteiger partial charge in [-0.25, -0.2) is 4.21 Å². The number of hydrogen-bond donors (Lipinski definition) is 0. The average molecular weight is 437 g/mol. The Kier molecular flexibility index (Phi) is 6.75. The molecule has 0 bridgehead atoms. The van der Waals surface area contributed by atoms with Gasteiger partial charge in [0.15, 0.2) is 0 Å². The summed E-state index contributed by atoms with van der Waals surface area (Å²) >= 11 is 0. The number of aromatic nitrogens is 2. The Balaban J connectivity index is 1.63. The van der Waals surface area contributed by atoms with E-state index in [1.807, 2.05) is 30.5 Å². The van der Waals surface area contributed by atoms with Gasteiger partial charge < -0.3 is 4.90 Å². The molecule has 2 fully saturated rings. The topological polar surface area (TPSA) is 84.6 Å². The molecule has 1 saturated carbocycles. The molecule has 0 aromatic carbocycles. The Hall–Kier alpha value is -1.70. The molecule has 1 atom stereocenters. The number of rotatable bonds is 7. The van der Waals surface area contributed by atoms with Crippen molar-refractivity contribution in [2.24, 2.45) is 16.8 Å². The molecule has 1 aliphatic heterocycles. The highest BCUT2D eigenvalue weighted by atomic mass is 32.2. The molecule has 0 spiro atoms. The lowest BCUT2D eigenvalue weighted by Gasteiger charge is -2.33. The van der Waals surface area contributed by atoms with E-state index in [0.717, 1.165) is 42.6 Å². The lowest BCUT2D eigenvalue weighted by molar-refractivity contribution is -0.133. The van der Waals surface area contributed by atoms with E-state index in [2.05, 4.69) is 16.4 Å². The second-order valence-electron chi connectivity index (χ2n) is 9.29. The normalized spacial score (nSPS) is 20.6. The van der Waals surface area contributed by atoms with Crippen LogP contribution in [-0.4, -0.2) is 55.3 Å². The molecule has 2 heterocycles. The van der Waals surface area contributed by atoms with Crippen LogP contribution in [0.25, 0.3) is 0 Å². The summed E-state index contributed by atoms with van der Waals surface area (Å²) in [7, 11) is -0.753. The van der Waals surface area contributed by atoms with Crippen LogP contribution in [0.3, 0.4) is 0 Å². The van der Waals surface area contributed by atoms with Crippen molar-refractivity contribution in [1.29, 1.82) is 0 Å². The minimum absolute atomic E-state index is 0.146. The average Bonchev–Trinajstić information content (AvgIpc) is 3.33. The Labute approximate surface area is 180 Å². The summed E-state index contributed by atoms with van der Waals surface area (Å²) in [6.07, 6.45) is 7.47. The van der Waals surface area contributed by atoms with E-state index in [9.17, 15) is 13.8 Å². The van der Waals surface area contributed by atoms with Crippen molar-refractivity contribution >= 4 is 21.5 Å². The third-order valence-electron chi connectivity index (χ3n) is 6.73. The van der Waals surface area contributed by atoms with Gasteiger partial charge in [-0.3, -0.25) is 14.3 Å². The monoisotopic (exact) mass is 436 g/mol. The summed E-state index contributed by atoms with van der Waals surface area (Å²) in [5, 5.41) is 4.36. The van der Waals surface area contributed by atoms with Gasteiger partial charge in [0.05, 0.1) is 21.8 Å². The van der Waals surface area contributed by atoms with Crippen molar-refractivity contribution in [2.45, 2.75) is 77.4 Å². The summed E-state index contributed by atoms with van der Waals surface area (Å²) in [4.78, 5) is 27.1. The van der Waals surface area contributed by atoms with Gasteiger partial charge >= 0.3 is 0 Å². The molecule has 3 rings (SSSR count). The highest BCUT2D eigenvalue weighted by molar-refractivity contribution is 7.93. The number of aryl methyl sites for hydroxylation is 2. The maximum Gasteiger partial charge on any atom is 0.258 e. The predicted octanol–water partition coefficient (Wildman–Crippen LogP) is 2.89. The van der Waals surface area contributed by atoms with E-state index in [-0.39, 0.29) is 28.9 Å². The summed E-state index contributed by atoms with van der Waals surface area (Å²) in [6.45, 7) is 7.45. The van der Waals surface area contributed by atoms with Crippen molar-refractivity contribution in [1.82, 2.24) is 14.7 Å². The van der Waals surface area contributed by atoms with Crippen LogP contribution in [0.15, 0.2) is 4.36 Å². The third-order valence-corrected chi connectivity index (χ3v) is 9.01. The summed E-state index contributed by atoms with van der Waals surface area (Å²) in [5.74, 6) is -0.125. The smallest absolute Gasteiger partial charge is 0.258 e. The van der Waals surface area contributed by atoms with Crippen molar-refractivity contribution in [3.05, 3.63) is 17.0 Å². The van der Waals surface area contributed by atoms with E-state index in [1.165, 1.54) is 0 Å². The number of piperidine rings is 1. The number of carbonyl (C=O) groups is 2. The second kappa shape index (κ2) is 8.81. The summed E-state index contributed by atoms with van der Waals surface area (Å²) in [5.41, 5.74) is 3.08. The molecule has 30 heavy (non-hydrogen) atoms. The third kappa shape index (κ3) is 5.13. The molecule has 8 heteroatoms. The Morgan fingerprint density at radius 1 is 1.20 bits per heavy atom. The van der Waals surface area contributed by atoms with Gasteiger partial charge in [-0.2, -0.15) is 9.46 Å². The molecule has 1 aromatic rings. The quantitative estimate of drug-likeness (QED) is 0.658. The fourth-order valence-electron chi connectivity index (χ4n) is 4.46. The minimum atomic E-state index is -2.65. The number of carbonyl (C=O) groups excluding carboxylic acids is 2. The molecule has 1 saturated heterocycles. The van der Waals surface area contributed by atoms with E-state index < -0.39 is 9.73 Å². The largest absolute Gasteiger partial charge is 0.343 e. The number of likely N-dealkylation sites (tertiary alicyclic amines) is 1. The van der Waals surface area contributed by atoms with Gasteiger partial charge in [0.2, 0.25) is 5.91 Å². The SMILES string of the molecule is CCc1nn(C)c(CC)c1CC(=O)N=S(C)(=O)C1CCN(C(=O)CC2(C)CC2)CC1. The fraction of sp³-hybridized carbons (Fsp3) is 0.773. The molecule has 1 aromatic heterocycles. The van der Waals surface area contributed by atoms with E-state index in [4.69, 9.17) is 0 Å². The van der Waals surface area contributed by atoms with Crippen LogP contribution in [-0.2, 0) is 45.6 Å². The van der Waals surface area contributed by atoms with Gasteiger partial charge in [0.25, 0.3) is 5.91 Å². The first-order chi connectivity index (χ1) is 14.1. The van der Waals surface area contributed by atoms with E-state index >= 15 is 0 Å².